The molecular weight excluding hydrogens is 222 g/mol. The zero-order valence-electron chi connectivity index (χ0n) is 9.77. The lowest BCUT2D eigenvalue weighted by molar-refractivity contribution is -0.121. The Balaban J connectivity index is 2.21. The van der Waals surface area contributed by atoms with Crippen molar-refractivity contribution in [2.24, 2.45) is 5.92 Å². The van der Waals surface area contributed by atoms with Crippen molar-refractivity contribution in [3.8, 4) is 0 Å². The van der Waals surface area contributed by atoms with Crippen LogP contribution in [0.15, 0.2) is 17.5 Å². The number of aliphatic hydroxyl groups is 1. The Hall–Kier alpha value is -0.870. The lowest BCUT2D eigenvalue weighted by Gasteiger charge is -2.10. The van der Waals surface area contributed by atoms with Crippen molar-refractivity contribution in [2.75, 3.05) is 6.54 Å². The van der Waals surface area contributed by atoms with Crippen LogP contribution in [0, 0.1) is 5.92 Å². The molecule has 1 aromatic heterocycles. The van der Waals surface area contributed by atoms with Crippen LogP contribution in [0.5, 0.6) is 0 Å². The van der Waals surface area contributed by atoms with E-state index in [1.807, 2.05) is 17.5 Å². The maximum atomic E-state index is 11.4. The lowest BCUT2D eigenvalue weighted by Crippen LogP contribution is -2.27. The summed E-state index contributed by atoms with van der Waals surface area (Å²) in [5.41, 5.74) is 0. The van der Waals surface area contributed by atoms with Crippen molar-refractivity contribution in [1.29, 1.82) is 0 Å². The standard InChI is InChI=1S/C12H19NO2S/c1-9(2)8-13-12(15)6-5-10(14)11-4-3-7-16-11/h3-4,7,9-10,14H,5-6,8H2,1-2H3,(H,13,15). The highest BCUT2D eigenvalue weighted by Crippen LogP contribution is 2.22. The number of hydrogen-bond acceptors (Lipinski definition) is 3. The minimum atomic E-state index is -0.509. The molecule has 0 aromatic carbocycles. The highest BCUT2D eigenvalue weighted by Gasteiger charge is 2.11. The Morgan fingerprint density at radius 3 is 2.88 bits per heavy atom. The first-order valence-electron chi connectivity index (χ1n) is 5.57. The van der Waals surface area contributed by atoms with Gasteiger partial charge in [-0.1, -0.05) is 19.9 Å². The van der Waals surface area contributed by atoms with Gasteiger partial charge in [0.15, 0.2) is 0 Å². The number of hydrogen-bond donors (Lipinski definition) is 2. The molecular formula is C12H19NO2S. The van der Waals surface area contributed by atoms with E-state index in [2.05, 4.69) is 19.2 Å². The molecule has 1 heterocycles. The highest BCUT2D eigenvalue weighted by molar-refractivity contribution is 7.10. The second-order valence-corrected chi connectivity index (χ2v) is 5.25. The van der Waals surface area contributed by atoms with Crippen LogP contribution >= 0.6 is 11.3 Å². The average Bonchev–Trinajstić information content (AvgIpc) is 2.76. The molecule has 0 radical (unpaired) electrons. The lowest BCUT2D eigenvalue weighted by atomic mass is 10.1. The molecule has 16 heavy (non-hydrogen) atoms. The summed E-state index contributed by atoms with van der Waals surface area (Å²) in [6, 6.07) is 3.80. The van der Waals surface area contributed by atoms with Crippen LogP contribution < -0.4 is 5.32 Å². The van der Waals surface area contributed by atoms with E-state index in [0.29, 0.717) is 25.3 Å². The summed E-state index contributed by atoms with van der Waals surface area (Å²) in [5.74, 6) is 0.482. The summed E-state index contributed by atoms with van der Waals surface area (Å²) in [4.78, 5) is 12.3. The van der Waals surface area contributed by atoms with E-state index < -0.39 is 6.10 Å². The molecule has 1 aromatic rings. The summed E-state index contributed by atoms with van der Waals surface area (Å²) in [6.45, 7) is 4.81. The molecule has 0 aliphatic heterocycles. The van der Waals surface area contributed by atoms with Crippen LogP contribution in [0.2, 0.25) is 0 Å². The zero-order valence-corrected chi connectivity index (χ0v) is 10.6. The fourth-order valence-corrected chi connectivity index (χ4v) is 2.04. The van der Waals surface area contributed by atoms with Crippen LogP contribution in [-0.2, 0) is 4.79 Å². The van der Waals surface area contributed by atoms with Crippen molar-refractivity contribution < 1.29 is 9.90 Å². The van der Waals surface area contributed by atoms with Crippen molar-refractivity contribution in [3.05, 3.63) is 22.4 Å². The number of rotatable bonds is 6. The Morgan fingerprint density at radius 1 is 1.56 bits per heavy atom. The monoisotopic (exact) mass is 241 g/mol. The normalized spacial score (nSPS) is 12.8. The first-order chi connectivity index (χ1) is 7.59. The summed E-state index contributed by atoms with van der Waals surface area (Å²) < 4.78 is 0. The highest BCUT2D eigenvalue weighted by atomic mass is 32.1. The molecule has 1 rings (SSSR count). The van der Waals surface area contributed by atoms with Crippen molar-refractivity contribution in [2.45, 2.75) is 32.8 Å². The van der Waals surface area contributed by atoms with E-state index in [4.69, 9.17) is 0 Å². The van der Waals surface area contributed by atoms with E-state index in [-0.39, 0.29) is 5.91 Å². The number of thiophene rings is 1. The summed E-state index contributed by atoms with van der Waals surface area (Å²) in [7, 11) is 0. The van der Waals surface area contributed by atoms with E-state index >= 15 is 0 Å². The second kappa shape index (κ2) is 6.66. The van der Waals surface area contributed by atoms with Crippen LogP contribution in [0.4, 0.5) is 0 Å². The van der Waals surface area contributed by atoms with E-state index in [9.17, 15) is 9.90 Å². The van der Waals surface area contributed by atoms with Gasteiger partial charge in [0.1, 0.15) is 0 Å². The van der Waals surface area contributed by atoms with Gasteiger partial charge in [0.25, 0.3) is 0 Å². The minimum Gasteiger partial charge on any atom is -0.388 e. The van der Waals surface area contributed by atoms with E-state index in [1.54, 1.807) is 0 Å². The van der Waals surface area contributed by atoms with Crippen LogP contribution in [0.1, 0.15) is 37.7 Å². The first-order valence-corrected chi connectivity index (χ1v) is 6.45. The van der Waals surface area contributed by atoms with Crippen molar-refractivity contribution >= 4 is 17.2 Å². The molecule has 3 nitrogen and oxygen atoms in total. The third-order valence-corrected chi connectivity index (χ3v) is 3.20. The number of aliphatic hydroxyl groups excluding tert-OH is 1. The third-order valence-electron chi connectivity index (χ3n) is 2.22. The number of carbonyl (C=O) groups is 1. The fraction of sp³-hybridized carbons (Fsp3) is 0.583. The third kappa shape index (κ3) is 4.77. The Kier molecular flexibility index (Phi) is 5.49. The molecule has 0 saturated heterocycles. The largest absolute Gasteiger partial charge is 0.388 e. The molecule has 0 fully saturated rings. The molecule has 1 atom stereocenters. The smallest absolute Gasteiger partial charge is 0.220 e. The number of nitrogens with one attached hydrogen (secondary N) is 1. The van der Waals surface area contributed by atoms with Gasteiger partial charge in [0.05, 0.1) is 6.10 Å². The molecule has 0 saturated carbocycles. The topological polar surface area (TPSA) is 49.3 Å². The summed E-state index contributed by atoms with van der Waals surface area (Å²) in [5, 5.41) is 14.5. The zero-order chi connectivity index (χ0) is 12.0. The van der Waals surface area contributed by atoms with Gasteiger partial charge >= 0.3 is 0 Å². The molecule has 4 heteroatoms. The van der Waals surface area contributed by atoms with Crippen LogP contribution in [0.3, 0.4) is 0 Å². The molecule has 0 bridgehead atoms. The molecule has 0 spiro atoms. The first kappa shape index (κ1) is 13.2. The Bertz CT molecular complexity index is 309. The maximum absolute atomic E-state index is 11.4. The molecule has 0 aliphatic rings. The van der Waals surface area contributed by atoms with Gasteiger partial charge < -0.3 is 10.4 Å². The van der Waals surface area contributed by atoms with Gasteiger partial charge in [-0.25, -0.2) is 0 Å². The predicted octanol–water partition coefficient (Wildman–Crippen LogP) is 2.33. The Morgan fingerprint density at radius 2 is 2.31 bits per heavy atom. The van der Waals surface area contributed by atoms with E-state index in [0.717, 1.165) is 4.88 Å². The molecule has 1 amide bonds. The summed E-state index contributed by atoms with van der Waals surface area (Å²) in [6.07, 6.45) is 0.362. The van der Waals surface area contributed by atoms with Crippen LogP contribution in [0.25, 0.3) is 0 Å². The summed E-state index contributed by atoms with van der Waals surface area (Å²) >= 11 is 1.52. The van der Waals surface area contributed by atoms with E-state index in [1.165, 1.54) is 11.3 Å². The number of carbonyl (C=O) groups excluding carboxylic acids is 1. The molecule has 1 unspecified atom stereocenters. The van der Waals surface area contributed by atoms with Gasteiger partial charge in [-0.2, -0.15) is 0 Å². The average molecular weight is 241 g/mol. The molecule has 2 N–H and O–H groups in total. The Labute approximate surface area is 100 Å². The van der Waals surface area contributed by atoms with Gasteiger partial charge in [-0.3, -0.25) is 4.79 Å². The van der Waals surface area contributed by atoms with Gasteiger partial charge in [0, 0.05) is 17.8 Å². The SMILES string of the molecule is CC(C)CNC(=O)CCC(O)c1cccs1. The van der Waals surface area contributed by atoms with Crippen LogP contribution in [-0.4, -0.2) is 17.6 Å². The maximum Gasteiger partial charge on any atom is 0.220 e. The predicted molar refractivity (Wildman–Crippen MR) is 66.4 cm³/mol. The van der Waals surface area contributed by atoms with Gasteiger partial charge in [-0.15, -0.1) is 11.3 Å². The number of amides is 1. The van der Waals surface area contributed by atoms with Crippen molar-refractivity contribution in [3.63, 3.8) is 0 Å². The van der Waals surface area contributed by atoms with Gasteiger partial charge in [0.2, 0.25) is 5.91 Å². The van der Waals surface area contributed by atoms with Gasteiger partial charge in [-0.05, 0) is 23.8 Å². The van der Waals surface area contributed by atoms with Crippen molar-refractivity contribution in [1.82, 2.24) is 5.32 Å². The molecule has 90 valence electrons. The quantitative estimate of drug-likeness (QED) is 0.803. The second-order valence-electron chi connectivity index (χ2n) is 4.27. The molecule has 0 aliphatic carbocycles. The minimum absolute atomic E-state index is 0.0179. The fourth-order valence-electron chi connectivity index (χ4n) is 1.30.